The Balaban J connectivity index is 1.77. The maximum atomic E-state index is 13.2. The van der Waals surface area contributed by atoms with Crippen molar-refractivity contribution in [2.75, 3.05) is 0 Å². The van der Waals surface area contributed by atoms with Crippen LogP contribution in [-0.4, -0.2) is 46.4 Å². The number of aliphatic hydroxyl groups excluding tert-OH is 2. The second-order valence-corrected chi connectivity index (χ2v) is 9.42. The van der Waals surface area contributed by atoms with Gasteiger partial charge >= 0.3 is 11.9 Å². The van der Waals surface area contributed by atoms with Gasteiger partial charge in [0, 0.05) is 11.2 Å². The minimum Gasteiger partial charge on any atom is -0.385 e. The zero-order chi connectivity index (χ0) is 27.1. The van der Waals surface area contributed by atoms with Gasteiger partial charge in [0.2, 0.25) is 0 Å². The van der Waals surface area contributed by atoms with E-state index in [9.17, 15) is 28.2 Å². The van der Waals surface area contributed by atoms with Crippen LogP contribution in [0.4, 0.5) is 13.2 Å². The molecule has 196 valence electrons. The third kappa shape index (κ3) is 5.86. The highest BCUT2D eigenvalue weighted by Gasteiger charge is 2.39. The predicted molar refractivity (Wildman–Crippen MR) is 132 cm³/mol. The molecule has 0 aliphatic carbocycles. The van der Waals surface area contributed by atoms with Crippen molar-refractivity contribution in [2.45, 2.75) is 38.4 Å². The molecule has 8 nitrogen and oxygen atoms in total. The maximum Gasteiger partial charge on any atom is 0.416 e. The van der Waals surface area contributed by atoms with Crippen molar-refractivity contribution in [1.29, 1.82) is 0 Å². The van der Waals surface area contributed by atoms with Crippen LogP contribution < -0.4 is 5.69 Å². The zero-order valence-electron chi connectivity index (χ0n) is 19.0. The average Bonchev–Trinajstić information content (AvgIpc) is 3.38. The van der Waals surface area contributed by atoms with Gasteiger partial charge in [0.05, 0.1) is 34.5 Å². The first-order chi connectivity index (χ1) is 17.3. The Morgan fingerprint density at radius 3 is 2.30 bits per heavy atom. The highest BCUT2D eigenvalue weighted by Crippen LogP contribution is 2.27. The van der Waals surface area contributed by atoms with Gasteiger partial charge in [-0.1, -0.05) is 46.9 Å². The monoisotopic (exact) mass is 575 g/mol. The van der Waals surface area contributed by atoms with Crippen LogP contribution in [0, 0.1) is 0 Å². The van der Waals surface area contributed by atoms with Gasteiger partial charge in [0.15, 0.2) is 17.8 Å². The highest BCUT2D eigenvalue weighted by atomic mass is 35.5. The van der Waals surface area contributed by atoms with Crippen LogP contribution in [-0.2, 0) is 13.1 Å². The second kappa shape index (κ2) is 10.5. The summed E-state index contributed by atoms with van der Waals surface area (Å²) in [4.78, 5) is 17.5. The van der Waals surface area contributed by atoms with Crippen LogP contribution in [0.1, 0.15) is 24.7 Å². The first-order valence-electron chi connectivity index (χ1n) is 10.7. The van der Waals surface area contributed by atoms with Gasteiger partial charge in [-0.05, 0) is 42.8 Å². The fourth-order valence-electron chi connectivity index (χ4n) is 3.61. The molecule has 2 N–H and O–H groups in total. The van der Waals surface area contributed by atoms with Crippen molar-refractivity contribution >= 4 is 34.8 Å². The predicted octanol–water partition coefficient (Wildman–Crippen LogP) is 4.88. The van der Waals surface area contributed by atoms with Crippen LogP contribution in [0.5, 0.6) is 0 Å². The van der Waals surface area contributed by atoms with Crippen molar-refractivity contribution in [3.63, 3.8) is 0 Å². The molecule has 0 aliphatic rings. The molecule has 2 aromatic heterocycles. The van der Waals surface area contributed by atoms with E-state index in [1.165, 1.54) is 36.0 Å². The molecule has 2 aromatic carbocycles. The fraction of sp³-hybridized carbons (Fsp3) is 0.261. The molecule has 2 atom stereocenters. The number of alkyl halides is 3. The van der Waals surface area contributed by atoms with E-state index in [2.05, 4.69) is 10.1 Å². The van der Waals surface area contributed by atoms with E-state index < -0.39 is 30.6 Å². The van der Waals surface area contributed by atoms with E-state index in [1.807, 2.05) is 0 Å². The standard InChI is InChI=1S/C23H19Cl3F3N5O3/c1-12(35)21-30-20(31-34(21)15-6-7-16(25)17(26)8-15)11-32-9-18(13-2-4-14(24)5-3-13)33(22(32)37)10-19(36)23(27,28)29/h2-9,12,19,35-36H,10-11H2,1H3. The van der Waals surface area contributed by atoms with Crippen LogP contribution in [0.15, 0.2) is 53.5 Å². The molecule has 37 heavy (non-hydrogen) atoms. The average molecular weight is 577 g/mol. The summed E-state index contributed by atoms with van der Waals surface area (Å²) in [7, 11) is 0. The van der Waals surface area contributed by atoms with Crippen molar-refractivity contribution in [2.24, 2.45) is 0 Å². The summed E-state index contributed by atoms with van der Waals surface area (Å²) in [6.07, 6.45) is -7.40. The fourth-order valence-corrected chi connectivity index (χ4v) is 4.03. The summed E-state index contributed by atoms with van der Waals surface area (Å²) in [6, 6.07) is 10.8. The molecule has 0 amide bonds. The number of halogens is 6. The minimum absolute atomic E-state index is 0.0975. The molecular weight excluding hydrogens is 558 g/mol. The van der Waals surface area contributed by atoms with Crippen molar-refractivity contribution in [3.05, 3.63) is 85.9 Å². The van der Waals surface area contributed by atoms with Crippen molar-refractivity contribution < 1.29 is 23.4 Å². The Kier molecular flexibility index (Phi) is 7.72. The van der Waals surface area contributed by atoms with Gasteiger partial charge in [-0.2, -0.15) is 13.2 Å². The number of aromatic nitrogens is 5. The van der Waals surface area contributed by atoms with Gasteiger partial charge in [0.1, 0.15) is 6.10 Å². The summed E-state index contributed by atoms with van der Waals surface area (Å²) in [5.74, 6) is 0.242. The van der Waals surface area contributed by atoms with Crippen LogP contribution in [0.2, 0.25) is 15.1 Å². The Hall–Kier alpha value is -2.83. The van der Waals surface area contributed by atoms with Crippen LogP contribution >= 0.6 is 34.8 Å². The summed E-state index contributed by atoms with van der Waals surface area (Å²) < 4.78 is 42.5. The van der Waals surface area contributed by atoms with Gasteiger partial charge in [-0.15, -0.1) is 5.10 Å². The summed E-state index contributed by atoms with van der Waals surface area (Å²) in [5.41, 5.74) is 0.167. The molecule has 0 spiro atoms. The molecular formula is C23H19Cl3F3N5O3. The summed E-state index contributed by atoms with van der Waals surface area (Å²) >= 11 is 18.0. The molecule has 2 unspecified atom stereocenters. The first-order valence-corrected chi connectivity index (χ1v) is 11.9. The molecule has 4 aromatic rings. The number of benzene rings is 2. The van der Waals surface area contributed by atoms with Gasteiger partial charge in [-0.3, -0.25) is 9.13 Å². The molecule has 0 aliphatic heterocycles. The Morgan fingerprint density at radius 2 is 1.70 bits per heavy atom. The lowest BCUT2D eigenvalue weighted by Crippen LogP contribution is -2.37. The van der Waals surface area contributed by atoms with E-state index in [4.69, 9.17) is 34.8 Å². The molecule has 0 bridgehead atoms. The summed E-state index contributed by atoms with van der Waals surface area (Å²) in [5, 5.41) is 25.2. The van der Waals surface area contributed by atoms with Crippen LogP contribution in [0.25, 0.3) is 16.9 Å². The van der Waals surface area contributed by atoms with E-state index >= 15 is 0 Å². The van der Waals surface area contributed by atoms with Crippen molar-refractivity contribution in [3.8, 4) is 16.9 Å². The van der Waals surface area contributed by atoms with Gasteiger partial charge in [-0.25, -0.2) is 14.5 Å². The third-order valence-corrected chi connectivity index (χ3v) is 6.42. The third-order valence-electron chi connectivity index (χ3n) is 5.43. The molecule has 2 heterocycles. The Morgan fingerprint density at radius 1 is 1.03 bits per heavy atom. The van der Waals surface area contributed by atoms with E-state index in [1.54, 1.807) is 24.3 Å². The first kappa shape index (κ1) is 27.2. The molecule has 0 saturated carbocycles. The Bertz CT molecular complexity index is 1480. The van der Waals surface area contributed by atoms with E-state index in [-0.39, 0.29) is 28.9 Å². The smallest absolute Gasteiger partial charge is 0.385 e. The minimum atomic E-state index is -4.93. The quantitative estimate of drug-likeness (QED) is 0.327. The topological polar surface area (TPSA) is 98.1 Å². The molecule has 0 saturated heterocycles. The maximum absolute atomic E-state index is 13.2. The van der Waals surface area contributed by atoms with Crippen LogP contribution in [0.3, 0.4) is 0 Å². The van der Waals surface area contributed by atoms with Gasteiger partial charge in [0.25, 0.3) is 0 Å². The lowest BCUT2D eigenvalue weighted by atomic mass is 10.1. The molecule has 0 radical (unpaired) electrons. The number of aliphatic hydroxyl groups is 2. The number of imidazole rings is 1. The largest absolute Gasteiger partial charge is 0.416 e. The number of nitrogens with zero attached hydrogens (tertiary/aromatic N) is 5. The summed E-state index contributed by atoms with van der Waals surface area (Å²) in [6.45, 7) is 0.224. The SMILES string of the molecule is CC(O)c1nc(Cn2cc(-c3ccc(Cl)cc3)n(CC(O)C(F)(F)F)c2=O)nn1-c1ccc(Cl)c(Cl)c1. The van der Waals surface area contributed by atoms with E-state index in [0.29, 0.717) is 21.3 Å². The second-order valence-electron chi connectivity index (χ2n) is 8.17. The van der Waals surface area contributed by atoms with Gasteiger partial charge < -0.3 is 10.2 Å². The molecule has 14 heteroatoms. The Labute approximate surface area is 223 Å². The van der Waals surface area contributed by atoms with E-state index in [0.717, 1.165) is 9.13 Å². The lowest BCUT2D eigenvalue weighted by molar-refractivity contribution is -0.207. The highest BCUT2D eigenvalue weighted by molar-refractivity contribution is 6.42. The normalized spacial score (nSPS) is 13.6. The number of rotatable bonds is 7. The molecule has 0 fully saturated rings. The van der Waals surface area contributed by atoms with Crippen molar-refractivity contribution in [1.82, 2.24) is 23.9 Å². The number of hydrogen-bond acceptors (Lipinski definition) is 5. The molecule has 4 rings (SSSR count). The zero-order valence-corrected chi connectivity index (χ0v) is 21.3. The number of hydrogen-bond donors (Lipinski definition) is 2. The lowest BCUT2D eigenvalue weighted by Gasteiger charge is -2.16.